The Morgan fingerprint density at radius 1 is 1.03 bits per heavy atom. The Morgan fingerprint density at radius 3 is 2.57 bits per heavy atom. The van der Waals surface area contributed by atoms with Gasteiger partial charge in [0.05, 0.1) is 18.3 Å². The first-order chi connectivity index (χ1) is 14.5. The molecule has 0 radical (unpaired) electrons. The zero-order valence-corrected chi connectivity index (χ0v) is 17.8. The van der Waals surface area contributed by atoms with Crippen LogP contribution in [0.3, 0.4) is 0 Å². The molecule has 0 unspecified atom stereocenters. The number of amides is 1. The number of nitrogens with zero attached hydrogens (tertiary/aromatic N) is 1. The summed E-state index contributed by atoms with van der Waals surface area (Å²) in [6, 6.07) is 21.6. The molecule has 0 saturated heterocycles. The summed E-state index contributed by atoms with van der Waals surface area (Å²) in [5.74, 6) is -0.346. The predicted molar refractivity (Wildman–Crippen MR) is 121 cm³/mol. The van der Waals surface area contributed by atoms with Crippen molar-refractivity contribution in [3.05, 3.63) is 94.0 Å². The zero-order valence-electron chi connectivity index (χ0n) is 16.3. The number of benzene rings is 3. The van der Waals surface area contributed by atoms with Crippen molar-refractivity contribution in [2.75, 3.05) is 11.9 Å². The molecule has 0 aliphatic rings. The van der Waals surface area contributed by atoms with Crippen molar-refractivity contribution in [1.82, 2.24) is 5.43 Å². The highest BCUT2D eigenvalue weighted by Gasteiger charge is 2.09. The second-order valence-corrected chi connectivity index (χ2v) is 7.40. The third kappa shape index (κ3) is 6.56. The van der Waals surface area contributed by atoms with Gasteiger partial charge in [-0.05, 0) is 55.0 Å². The summed E-state index contributed by atoms with van der Waals surface area (Å²) in [6.07, 6.45) is 1.49. The van der Waals surface area contributed by atoms with Crippen LogP contribution in [0.1, 0.15) is 21.5 Å². The van der Waals surface area contributed by atoms with Crippen molar-refractivity contribution < 1.29 is 14.3 Å². The molecule has 3 rings (SSSR count). The van der Waals surface area contributed by atoms with Crippen molar-refractivity contribution in [1.29, 1.82) is 0 Å². The summed E-state index contributed by atoms with van der Waals surface area (Å²) in [4.78, 5) is 24.2. The first kappa shape index (κ1) is 21.3. The van der Waals surface area contributed by atoms with Gasteiger partial charge in [0.2, 0.25) is 0 Å². The van der Waals surface area contributed by atoms with Gasteiger partial charge in [-0.2, -0.15) is 5.10 Å². The van der Waals surface area contributed by atoms with Crippen molar-refractivity contribution >= 4 is 39.7 Å². The summed E-state index contributed by atoms with van der Waals surface area (Å²) >= 11 is 3.33. The molecule has 0 fully saturated rings. The monoisotopic (exact) mass is 465 g/mol. The van der Waals surface area contributed by atoms with E-state index in [2.05, 4.69) is 31.8 Å². The summed E-state index contributed by atoms with van der Waals surface area (Å²) in [6.45, 7) is 2.10. The van der Waals surface area contributed by atoms with Crippen LogP contribution in [0.25, 0.3) is 0 Å². The molecular weight excluding hydrogens is 446 g/mol. The molecule has 1 amide bonds. The van der Waals surface area contributed by atoms with E-state index in [1.807, 2.05) is 37.3 Å². The number of hydrazone groups is 1. The summed E-state index contributed by atoms with van der Waals surface area (Å²) in [5.41, 5.74) is 5.60. The van der Waals surface area contributed by atoms with E-state index in [-0.39, 0.29) is 12.5 Å². The smallest absolute Gasteiger partial charge is 0.343 e. The third-order valence-corrected chi connectivity index (χ3v) is 4.53. The second kappa shape index (κ2) is 10.4. The maximum atomic E-state index is 12.2. The van der Waals surface area contributed by atoms with Gasteiger partial charge in [-0.15, -0.1) is 0 Å². The topological polar surface area (TPSA) is 79.8 Å². The van der Waals surface area contributed by atoms with E-state index in [0.29, 0.717) is 16.9 Å². The Morgan fingerprint density at radius 2 is 1.80 bits per heavy atom. The Labute approximate surface area is 183 Å². The number of carbonyl (C=O) groups excluding carboxylic acids is 2. The lowest BCUT2D eigenvalue weighted by Gasteiger charge is -2.06. The standard InChI is InChI=1S/C23H20BrN3O3/c1-16-8-10-20(11-9-16)25-15-22(28)27-26-14-17-4-2-7-21(12-17)30-23(29)18-5-3-6-19(24)13-18/h2-14,25H,15H2,1H3,(H,27,28)/b26-14+. The van der Waals surface area contributed by atoms with Crippen molar-refractivity contribution in [2.45, 2.75) is 6.92 Å². The summed E-state index contributed by atoms with van der Waals surface area (Å²) in [7, 11) is 0. The Balaban J connectivity index is 1.51. The molecule has 0 aromatic heterocycles. The fraction of sp³-hybridized carbons (Fsp3) is 0.0870. The number of ether oxygens (including phenoxy) is 1. The molecule has 30 heavy (non-hydrogen) atoms. The van der Waals surface area contributed by atoms with E-state index in [1.165, 1.54) is 6.21 Å². The maximum Gasteiger partial charge on any atom is 0.343 e. The normalized spacial score (nSPS) is 10.6. The molecule has 2 N–H and O–H groups in total. The predicted octanol–water partition coefficient (Wildman–Crippen LogP) is 4.54. The Hall–Kier alpha value is -3.45. The second-order valence-electron chi connectivity index (χ2n) is 6.49. The molecule has 0 atom stereocenters. The van der Waals surface area contributed by atoms with Crippen LogP contribution in [0.4, 0.5) is 5.69 Å². The van der Waals surface area contributed by atoms with Gasteiger partial charge in [0, 0.05) is 10.2 Å². The van der Waals surface area contributed by atoms with Crippen molar-refractivity contribution in [3.63, 3.8) is 0 Å². The highest BCUT2D eigenvalue weighted by molar-refractivity contribution is 9.10. The molecule has 0 aliphatic carbocycles. The van der Waals surface area contributed by atoms with Crippen LogP contribution < -0.4 is 15.5 Å². The van der Waals surface area contributed by atoms with Crippen LogP contribution in [0.2, 0.25) is 0 Å². The summed E-state index contributed by atoms with van der Waals surface area (Å²) < 4.78 is 6.20. The zero-order chi connectivity index (χ0) is 21.3. The highest BCUT2D eigenvalue weighted by Crippen LogP contribution is 2.17. The molecule has 3 aromatic rings. The quantitative estimate of drug-likeness (QED) is 0.232. The minimum atomic E-state index is -0.458. The summed E-state index contributed by atoms with van der Waals surface area (Å²) in [5, 5.41) is 6.97. The maximum absolute atomic E-state index is 12.2. The van der Waals surface area contributed by atoms with Crippen molar-refractivity contribution in [2.24, 2.45) is 5.10 Å². The first-order valence-electron chi connectivity index (χ1n) is 9.20. The third-order valence-electron chi connectivity index (χ3n) is 4.04. The fourth-order valence-corrected chi connectivity index (χ4v) is 2.91. The largest absolute Gasteiger partial charge is 0.423 e. The number of hydrogen-bond acceptors (Lipinski definition) is 5. The average Bonchev–Trinajstić information content (AvgIpc) is 2.73. The number of nitrogens with one attached hydrogen (secondary N) is 2. The van der Waals surface area contributed by atoms with Crippen LogP contribution in [0.15, 0.2) is 82.4 Å². The number of carbonyl (C=O) groups is 2. The molecule has 7 heteroatoms. The molecule has 0 aliphatic heterocycles. The lowest BCUT2D eigenvalue weighted by atomic mass is 10.2. The Bertz CT molecular complexity index is 1070. The number of esters is 1. The van der Waals surface area contributed by atoms with Gasteiger partial charge in [-0.1, -0.05) is 51.8 Å². The lowest BCUT2D eigenvalue weighted by molar-refractivity contribution is -0.119. The highest BCUT2D eigenvalue weighted by atomic mass is 79.9. The lowest BCUT2D eigenvalue weighted by Crippen LogP contribution is -2.25. The van der Waals surface area contributed by atoms with Gasteiger partial charge in [-0.3, -0.25) is 4.79 Å². The number of anilines is 1. The molecule has 0 spiro atoms. The van der Waals surface area contributed by atoms with E-state index in [9.17, 15) is 9.59 Å². The first-order valence-corrected chi connectivity index (χ1v) is 9.99. The van der Waals surface area contributed by atoms with E-state index in [0.717, 1.165) is 15.7 Å². The molecule has 0 bridgehead atoms. The van der Waals surface area contributed by atoms with Gasteiger partial charge in [0.25, 0.3) is 5.91 Å². The minimum absolute atomic E-state index is 0.102. The number of aryl methyl sites for hydroxylation is 1. The van der Waals surface area contributed by atoms with E-state index in [4.69, 9.17) is 4.74 Å². The fourth-order valence-electron chi connectivity index (χ4n) is 2.51. The number of halogens is 1. The van der Waals surface area contributed by atoms with Crippen LogP contribution in [-0.2, 0) is 4.79 Å². The van der Waals surface area contributed by atoms with E-state index in [1.54, 1.807) is 42.5 Å². The van der Waals surface area contributed by atoms with Crippen LogP contribution in [0.5, 0.6) is 5.75 Å². The average molecular weight is 466 g/mol. The molecule has 6 nitrogen and oxygen atoms in total. The molecule has 152 valence electrons. The number of hydrogen-bond donors (Lipinski definition) is 2. The van der Waals surface area contributed by atoms with Gasteiger partial charge in [-0.25, -0.2) is 10.2 Å². The van der Waals surface area contributed by atoms with Crippen LogP contribution in [-0.4, -0.2) is 24.6 Å². The molecule has 3 aromatic carbocycles. The van der Waals surface area contributed by atoms with Crippen molar-refractivity contribution in [3.8, 4) is 5.75 Å². The Kier molecular flexibility index (Phi) is 7.34. The minimum Gasteiger partial charge on any atom is -0.423 e. The van der Waals surface area contributed by atoms with Gasteiger partial charge >= 0.3 is 5.97 Å². The number of rotatable bonds is 7. The van der Waals surface area contributed by atoms with Crippen LogP contribution >= 0.6 is 15.9 Å². The van der Waals surface area contributed by atoms with Gasteiger partial charge in [0.15, 0.2) is 0 Å². The van der Waals surface area contributed by atoms with Gasteiger partial charge in [0.1, 0.15) is 5.75 Å². The van der Waals surface area contributed by atoms with E-state index >= 15 is 0 Å². The van der Waals surface area contributed by atoms with Crippen LogP contribution in [0, 0.1) is 6.92 Å². The molecule has 0 saturated carbocycles. The SMILES string of the molecule is Cc1ccc(NCC(=O)N/N=C/c2cccc(OC(=O)c3cccc(Br)c3)c2)cc1. The van der Waals surface area contributed by atoms with E-state index < -0.39 is 5.97 Å². The van der Waals surface area contributed by atoms with Gasteiger partial charge < -0.3 is 10.1 Å². The molecular formula is C23H20BrN3O3. The molecule has 0 heterocycles.